The summed E-state index contributed by atoms with van der Waals surface area (Å²) in [5.41, 5.74) is 3.68. The molecule has 1 aliphatic carbocycles. The molecule has 0 aromatic heterocycles. The van der Waals surface area contributed by atoms with Crippen molar-refractivity contribution in [3.63, 3.8) is 0 Å². The number of benzene rings is 2. The smallest absolute Gasteiger partial charge is 0.229 e. The average molecular weight is 687 g/mol. The molecule has 50 heavy (non-hydrogen) atoms. The summed E-state index contributed by atoms with van der Waals surface area (Å²) in [4.78, 5) is 47.1. The molecule has 0 radical (unpaired) electrons. The number of aliphatic imine (C=N–C) groups is 1. The molecule has 0 unspecified atom stereocenters. The number of carbonyl (C=O) groups excluding carboxylic acids is 3. The number of ether oxygens (including phenoxy) is 2. The van der Waals surface area contributed by atoms with Gasteiger partial charge in [-0.2, -0.15) is 0 Å². The molecule has 2 amide bonds. The minimum atomic E-state index is -0.353. The highest BCUT2D eigenvalue weighted by Gasteiger charge is 2.35. The molecule has 2 aliphatic rings. The largest absolute Gasteiger partial charge is 0.511 e. The molecule has 1 heterocycles. The van der Waals surface area contributed by atoms with E-state index in [0.717, 1.165) is 22.4 Å². The number of aliphatic hydroxyl groups is 2. The zero-order valence-corrected chi connectivity index (χ0v) is 29.5. The summed E-state index contributed by atoms with van der Waals surface area (Å²) in [7, 11) is 1.79. The predicted octanol–water partition coefficient (Wildman–Crippen LogP) is 4.17. The summed E-state index contributed by atoms with van der Waals surface area (Å²) in [6.07, 6.45) is 2.09. The zero-order chi connectivity index (χ0) is 35.9. The number of Topliss-reactive ketones (excluding diaryl/α,β-unsaturated/α-hetero) is 1. The van der Waals surface area contributed by atoms with E-state index in [1.807, 2.05) is 62.4 Å². The van der Waals surface area contributed by atoms with Crippen LogP contribution < -0.4 is 10.2 Å². The maximum Gasteiger partial charge on any atom is 0.229 e. The second kappa shape index (κ2) is 19.2. The lowest BCUT2D eigenvalue weighted by molar-refractivity contribution is -0.121. The molecule has 0 spiro atoms. The predicted molar refractivity (Wildman–Crippen MR) is 193 cm³/mol. The lowest BCUT2D eigenvalue weighted by Gasteiger charge is -2.30. The Morgan fingerprint density at radius 1 is 0.960 bits per heavy atom. The molecule has 0 atom stereocenters. The lowest BCUT2D eigenvalue weighted by atomic mass is 9.75. The fourth-order valence-corrected chi connectivity index (χ4v) is 5.95. The third-order valence-corrected chi connectivity index (χ3v) is 8.55. The Morgan fingerprint density at radius 3 is 2.42 bits per heavy atom. The van der Waals surface area contributed by atoms with Gasteiger partial charge in [0.05, 0.1) is 56.7 Å². The Balaban J connectivity index is 1.32. The third kappa shape index (κ3) is 11.6. The van der Waals surface area contributed by atoms with E-state index >= 15 is 0 Å². The van der Waals surface area contributed by atoms with Gasteiger partial charge in [0, 0.05) is 62.9 Å². The van der Waals surface area contributed by atoms with Crippen LogP contribution >= 0.6 is 0 Å². The first-order valence-corrected chi connectivity index (χ1v) is 17.3. The zero-order valence-electron chi connectivity index (χ0n) is 29.5. The number of para-hydroxylation sites is 1. The number of nitrogens with one attached hydrogen (secondary N) is 1. The van der Waals surface area contributed by atoms with Crippen molar-refractivity contribution >= 4 is 29.0 Å². The van der Waals surface area contributed by atoms with Crippen LogP contribution in [0.25, 0.3) is 0 Å². The highest BCUT2D eigenvalue weighted by Crippen LogP contribution is 2.36. The highest BCUT2D eigenvalue weighted by molar-refractivity contribution is 6.23. The maximum atomic E-state index is 13.7. The molecule has 11 heteroatoms. The van der Waals surface area contributed by atoms with Gasteiger partial charge in [-0.3, -0.25) is 24.3 Å². The van der Waals surface area contributed by atoms with E-state index in [2.05, 4.69) is 17.2 Å². The molecule has 0 bridgehead atoms. The van der Waals surface area contributed by atoms with Gasteiger partial charge in [0.1, 0.15) is 5.76 Å². The quantitative estimate of drug-likeness (QED) is 0.0919. The van der Waals surface area contributed by atoms with Crippen LogP contribution in [0.5, 0.6) is 0 Å². The number of amides is 2. The molecule has 1 aliphatic heterocycles. The van der Waals surface area contributed by atoms with E-state index in [-0.39, 0.29) is 67.1 Å². The Morgan fingerprint density at radius 2 is 1.66 bits per heavy atom. The fraction of sp³-hybridized carbons (Fsp3) is 0.487. The van der Waals surface area contributed by atoms with Crippen molar-refractivity contribution in [1.29, 1.82) is 0 Å². The molecule has 0 saturated carbocycles. The van der Waals surface area contributed by atoms with Gasteiger partial charge in [-0.05, 0) is 42.6 Å². The fourth-order valence-electron chi connectivity index (χ4n) is 5.95. The second-order valence-corrected chi connectivity index (χ2v) is 13.4. The Hall–Kier alpha value is -4.34. The van der Waals surface area contributed by atoms with Gasteiger partial charge >= 0.3 is 0 Å². The normalized spacial score (nSPS) is 15.5. The molecule has 2 aromatic rings. The van der Waals surface area contributed by atoms with Crippen LogP contribution in [0.4, 0.5) is 5.69 Å². The van der Waals surface area contributed by atoms with Gasteiger partial charge in [0.25, 0.3) is 0 Å². The van der Waals surface area contributed by atoms with Gasteiger partial charge in [0.2, 0.25) is 11.8 Å². The van der Waals surface area contributed by atoms with Crippen LogP contribution in [0.2, 0.25) is 0 Å². The first-order valence-electron chi connectivity index (χ1n) is 17.3. The maximum absolute atomic E-state index is 13.7. The van der Waals surface area contributed by atoms with Gasteiger partial charge in [-0.25, -0.2) is 0 Å². The van der Waals surface area contributed by atoms with Crippen LogP contribution in [0.3, 0.4) is 0 Å². The number of hydrogen-bond donors (Lipinski definition) is 3. The number of aliphatic hydroxyl groups excluding tert-OH is 2. The minimum absolute atomic E-state index is 0.0231. The number of fused-ring (bicyclic) bond motifs is 2. The Bertz CT molecular complexity index is 1620. The molecule has 4 rings (SSSR count). The molecule has 0 saturated heterocycles. The monoisotopic (exact) mass is 686 g/mol. The minimum Gasteiger partial charge on any atom is -0.511 e. The van der Waals surface area contributed by atoms with E-state index in [0.29, 0.717) is 70.8 Å². The van der Waals surface area contributed by atoms with Crippen molar-refractivity contribution in [2.24, 2.45) is 10.4 Å². The first-order chi connectivity index (χ1) is 24.1. The van der Waals surface area contributed by atoms with Crippen molar-refractivity contribution in [2.75, 3.05) is 64.7 Å². The number of hydrogen-bond acceptors (Lipinski definition) is 9. The van der Waals surface area contributed by atoms with Crippen molar-refractivity contribution in [3.8, 4) is 11.8 Å². The number of nitrogens with zero attached hydrogens (tertiary/aromatic N) is 3. The molecular weight excluding hydrogens is 636 g/mol. The Labute approximate surface area is 295 Å². The molecule has 11 nitrogen and oxygen atoms in total. The number of anilines is 1. The van der Waals surface area contributed by atoms with E-state index in [1.54, 1.807) is 16.8 Å². The highest BCUT2D eigenvalue weighted by atomic mass is 16.5. The topological polar surface area (TPSA) is 141 Å². The van der Waals surface area contributed by atoms with Gasteiger partial charge in [-0.1, -0.05) is 56.0 Å². The molecule has 268 valence electrons. The van der Waals surface area contributed by atoms with Crippen LogP contribution in [0.15, 0.2) is 64.9 Å². The van der Waals surface area contributed by atoms with Crippen molar-refractivity contribution in [2.45, 2.75) is 58.9 Å². The second-order valence-electron chi connectivity index (χ2n) is 13.4. The molecule has 3 N–H and O–H groups in total. The van der Waals surface area contributed by atoms with Crippen molar-refractivity contribution in [1.82, 2.24) is 10.2 Å². The lowest BCUT2D eigenvalue weighted by Crippen LogP contribution is -2.32. The summed E-state index contributed by atoms with van der Waals surface area (Å²) in [5.74, 6) is 6.12. The van der Waals surface area contributed by atoms with Gasteiger partial charge < -0.3 is 29.9 Å². The van der Waals surface area contributed by atoms with E-state index in [4.69, 9.17) is 19.6 Å². The summed E-state index contributed by atoms with van der Waals surface area (Å²) in [6, 6.07) is 15.4. The summed E-state index contributed by atoms with van der Waals surface area (Å²) >= 11 is 0. The molecule has 0 fully saturated rings. The van der Waals surface area contributed by atoms with Gasteiger partial charge in [0.15, 0.2) is 5.78 Å². The first kappa shape index (κ1) is 38.5. The van der Waals surface area contributed by atoms with Crippen LogP contribution in [0, 0.1) is 17.3 Å². The van der Waals surface area contributed by atoms with E-state index < -0.39 is 0 Å². The van der Waals surface area contributed by atoms with Crippen LogP contribution in [0.1, 0.15) is 69.1 Å². The number of carbonyl (C=O) groups is 3. The standard InChI is InChI=1S/C39H50N4O7/c1-39(2)25-34(45)38(35(46)26-39)32(17-21-49-23-24-50-22-19-41-36(47)13-8-20-42(3)28-44)40-18-16-37(48)43-27-31-11-5-4-9-29(31)14-15-30-10-6-7-12-33(30)43/h4-7,9-12,44-45H,8,13,16-28H2,1-3H3,(H,41,47). The third-order valence-electron chi connectivity index (χ3n) is 8.55. The van der Waals surface area contributed by atoms with Crippen molar-refractivity contribution < 1.29 is 34.1 Å². The van der Waals surface area contributed by atoms with E-state index in [9.17, 15) is 19.5 Å². The molecular formula is C39H50N4O7. The van der Waals surface area contributed by atoms with Crippen molar-refractivity contribution in [3.05, 3.63) is 76.6 Å². The van der Waals surface area contributed by atoms with E-state index in [1.165, 1.54) is 0 Å². The molecule has 2 aromatic carbocycles. The summed E-state index contributed by atoms with van der Waals surface area (Å²) in [5, 5.41) is 22.8. The van der Waals surface area contributed by atoms with Crippen LogP contribution in [-0.4, -0.2) is 98.3 Å². The Kier molecular flexibility index (Phi) is 14.7. The SMILES string of the molecule is CN(CO)CCCC(=O)NCCOCCOCCC(=NCCC(=O)N1Cc2ccccc2C#Cc2ccccc21)C1=C(O)CC(C)(C)CC1=O. The number of allylic oxidation sites excluding steroid dienone is 2. The number of ketones is 1. The number of rotatable bonds is 18. The summed E-state index contributed by atoms with van der Waals surface area (Å²) in [6.45, 7) is 6.63. The van der Waals surface area contributed by atoms with Crippen LogP contribution in [-0.2, 0) is 30.4 Å². The summed E-state index contributed by atoms with van der Waals surface area (Å²) < 4.78 is 11.4. The average Bonchev–Trinajstić information content (AvgIpc) is 3.07. The van der Waals surface area contributed by atoms with Gasteiger partial charge in [-0.15, -0.1) is 0 Å².